The second kappa shape index (κ2) is 5.83. The van der Waals surface area contributed by atoms with Gasteiger partial charge in [-0.15, -0.1) is 0 Å². The number of carbonyl (C=O) groups is 1. The number of amides is 1. The summed E-state index contributed by atoms with van der Waals surface area (Å²) >= 11 is 0. The highest BCUT2D eigenvalue weighted by Gasteiger charge is 2.17. The molecule has 1 aromatic rings. The van der Waals surface area contributed by atoms with Gasteiger partial charge in [0.15, 0.2) is 0 Å². The fourth-order valence-electron chi connectivity index (χ4n) is 2.32. The van der Waals surface area contributed by atoms with Gasteiger partial charge >= 0.3 is 0 Å². The molecule has 1 fully saturated rings. The fourth-order valence-corrected chi connectivity index (χ4v) is 2.32. The summed E-state index contributed by atoms with van der Waals surface area (Å²) < 4.78 is 1.10. The number of nitrogens with zero attached hydrogens (tertiary/aromatic N) is 3. The maximum Gasteiger partial charge on any atom is 0.269 e. The lowest BCUT2D eigenvalue weighted by Crippen LogP contribution is -2.38. The summed E-state index contributed by atoms with van der Waals surface area (Å²) in [6, 6.07) is 1.52. The van der Waals surface area contributed by atoms with Crippen molar-refractivity contribution in [2.45, 2.75) is 26.3 Å². The average molecular weight is 265 g/mol. The number of anilines is 1. The second-order valence-electron chi connectivity index (χ2n) is 4.97. The third kappa shape index (κ3) is 3.31. The maximum atomic E-state index is 11.9. The van der Waals surface area contributed by atoms with Gasteiger partial charge in [0.2, 0.25) is 0 Å². The number of hydrogen-bond donors (Lipinski definition) is 2. The van der Waals surface area contributed by atoms with Gasteiger partial charge in [-0.25, -0.2) is 10.5 Å². The van der Waals surface area contributed by atoms with Crippen molar-refractivity contribution in [3.63, 3.8) is 0 Å². The number of aromatic nitrogens is 2. The molecule has 1 aromatic heterocycles. The molecule has 0 bridgehead atoms. The van der Waals surface area contributed by atoms with Gasteiger partial charge < -0.3 is 4.90 Å². The largest absolute Gasteiger partial charge is 0.370 e. The summed E-state index contributed by atoms with van der Waals surface area (Å²) in [5, 5.41) is 4.01. The molecule has 1 aliphatic heterocycles. The lowest BCUT2D eigenvalue weighted by atomic mass is 10.00. The Labute approximate surface area is 111 Å². The first-order valence-electron chi connectivity index (χ1n) is 6.41. The van der Waals surface area contributed by atoms with E-state index in [4.69, 9.17) is 5.84 Å². The van der Waals surface area contributed by atoms with Crippen molar-refractivity contribution in [1.29, 1.82) is 0 Å². The zero-order valence-electron chi connectivity index (χ0n) is 11.0. The molecule has 0 saturated carbocycles. The highest BCUT2D eigenvalue weighted by Crippen LogP contribution is 2.20. The van der Waals surface area contributed by atoms with Crippen LogP contribution in [0, 0.1) is 5.92 Å². The van der Waals surface area contributed by atoms with Gasteiger partial charge in [-0.3, -0.25) is 15.0 Å². The number of carbonyl (C=O) groups excluding carboxylic acids is 1. The number of piperidine rings is 1. The summed E-state index contributed by atoms with van der Waals surface area (Å²) in [5.74, 6) is 5.16. The highest BCUT2D eigenvalue weighted by atomic mass is 16.2. The van der Waals surface area contributed by atoms with Crippen LogP contribution >= 0.6 is 0 Å². The second-order valence-corrected chi connectivity index (χ2v) is 4.97. The predicted octanol–water partition coefficient (Wildman–Crippen LogP) is -0.530. The molecule has 19 heavy (non-hydrogen) atoms. The van der Waals surface area contributed by atoms with Crippen LogP contribution in [0.5, 0.6) is 0 Å². The van der Waals surface area contributed by atoms with Crippen LogP contribution in [0.25, 0.3) is 0 Å². The average Bonchev–Trinajstić information content (AvgIpc) is 2.41. The predicted molar refractivity (Wildman–Crippen MR) is 71.4 cm³/mol. The van der Waals surface area contributed by atoms with E-state index in [0.717, 1.165) is 29.9 Å². The summed E-state index contributed by atoms with van der Waals surface area (Å²) in [7, 11) is 0. The molecule has 7 nitrogen and oxygen atoms in total. The maximum absolute atomic E-state index is 11.9. The molecule has 1 atom stereocenters. The minimum atomic E-state index is -0.450. The molecule has 7 heteroatoms. The third-order valence-electron chi connectivity index (χ3n) is 3.33. The van der Waals surface area contributed by atoms with Crippen molar-refractivity contribution in [3.8, 4) is 0 Å². The zero-order valence-corrected chi connectivity index (χ0v) is 11.0. The first kappa shape index (κ1) is 13.5. The molecular formula is C12H19N5O2. The molecule has 0 spiro atoms. The van der Waals surface area contributed by atoms with Gasteiger partial charge in [-0.2, -0.15) is 5.10 Å². The lowest BCUT2D eigenvalue weighted by Gasteiger charge is -2.32. The van der Waals surface area contributed by atoms with E-state index in [-0.39, 0.29) is 12.1 Å². The topological polar surface area (TPSA) is 93.2 Å². The number of hydrogen-bond acceptors (Lipinski definition) is 5. The SMILES string of the molecule is CC1CCCN(c2cnn(CC(=O)NN)c(=O)c2)C1. The van der Waals surface area contributed by atoms with Gasteiger partial charge in [0.05, 0.1) is 11.9 Å². The summed E-state index contributed by atoms with van der Waals surface area (Å²) in [5.41, 5.74) is 2.50. The first-order chi connectivity index (χ1) is 9.10. The standard InChI is InChI=1S/C12H19N5O2/c1-9-3-2-4-16(7-9)10-5-12(19)17(14-6-10)8-11(18)15-13/h5-6,9H,2-4,7-8,13H2,1H3,(H,15,18). The smallest absolute Gasteiger partial charge is 0.269 e. The Balaban J connectivity index is 2.14. The molecule has 3 N–H and O–H groups in total. The Morgan fingerprint density at radius 1 is 1.63 bits per heavy atom. The first-order valence-corrected chi connectivity index (χ1v) is 6.41. The van der Waals surface area contributed by atoms with Gasteiger partial charge in [-0.05, 0) is 18.8 Å². The van der Waals surface area contributed by atoms with Gasteiger partial charge in [0, 0.05) is 19.2 Å². The van der Waals surface area contributed by atoms with Gasteiger partial charge in [0.1, 0.15) is 6.54 Å². The normalized spacial score (nSPS) is 19.3. The van der Waals surface area contributed by atoms with E-state index >= 15 is 0 Å². The molecule has 1 amide bonds. The molecule has 1 saturated heterocycles. The summed E-state index contributed by atoms with van der Waals surface area (Å²) in [6.45, 7) is 3.92. The third-order valence-corrected chi connectivity index (χ3v) is 3.33. The van der Waals surface area contributed by atoms with Crippen LogP contribution in [0.15, 0.2) is 17.1 Å². The van der Waals surface area contributed by atoms with Crippen molar-refractivity contribution in [2.75, 3.05) is 18.0 Å². The van der Waals surface area contributed by atoms with Gasteiger partial charge in [-0.1, -0.05) is 6.92 Å². The Hall–Kier alpha value is -1.89. The Kier molecular flexibility index (Phi) is 4.16. The van der Waals surface area contributed by atoms with Crippen LogP contribution in [0.4, 0.5) is 5.69 Å². The molecule has 2 heterocycles. The number of nitrogens with two attached hydrogens (primary N) is 1. The number of rotatable bonds is 3. The van der Waals surface area contributed by atoms with E-state index in [1.54, 1.807) is 6.20 Å². The summed E-state index contributed by atoms with van der Waals surface area (Å²) in [4.78, 5) is 25.1. The molecule has 104 valence electrons. The Morgan fingerprint density at radius 3 is 3.05 bits per heavy atom. The van der Waals surface area contributed by atoms with Crippen LogP contribution in [0.3, 0.4) is 0 Å². The Bertz CT molecular complexity index is 513. The molecule has 0 radical (unpaired) electrons. The molecule has 1 unspecified atom stereocenters. The molecule has 0 aliphatic carbocycles. The lowest BCUT2D eigenvalue weighted by molar-refractivity contribution is -0.122. The van der Waals surface area contributed by atoms with Crippen molar-refractivity contribution >= 4 is 11.6 Å². The monoisotopic (exact) mass is 265 g/mol. The van der Waals surface area contributed by atoms with Crippen molar-refractivity contribution in [2.24, 2.45) is 11.8 Å². The van der Waals surface area contributed by atoms with Crippen molar-refractivity contribution in [3.05, 3.63) is 22.6 Å². The minimum absolute atomic E-state index is 0.161. The van der Waals surface area contributed by atoms with E-state index in [0.29, 0.717) is 5.92 Å². The van der Waals surface area contributed by atoms with Crippen LogP contribution in [-0.4, -0.2) is 28.8 Å². The van der Waals surface area contributed by atoms with E-state index < -0.39 is 5.91 Å². The number of nitrogens with one attached hydrogen (secondary N) is 1. The minimum Gasteiger partial charge on any atom is -0.370 e. The fraction of sp³-hybridized carbons (Fsp3) is 0.583. The molecule has 2 rings (SSSR count). The van der Waals surface area contributed by atoms with E-state index in [2.05, 4.69) is 16.9 Å². The Morgan fingerprint density at radius 2 is 2.42 bits per heavy atom. The highest BCUT2D eigenvalue weighted by molar-refractivity contribution is 5.74. The van der Waals surface area contributed by atoms with E-state index in [1.807, 2.05) is 5.43 Å². The van der Waals surface area contributed by atoms with Crippen LogP contribution < -0.4 is 21.7 Å². The van der Waals surface area contributed by atoms with E-state index in [9.17, 15) is 9.59 Å². The van der Waals surface area contributed by atoms with Crippen LogP contribution in [0.2, 0.25) is 0 Å². The summed E-state index contributed by atoms with van der Waals surface area (Å²) in [6.07, 6.45) is 3.97. The van der Waals surface area contributed by atoms with Crippen LogP contribution in [0.1, 0.15) is 19.8 Å². The van der Waals surface area contributed by atoms with E-state index in [1.165, 1.54) is 12.5 Å². The van der Waals surface area contributed by atoms with Crippen LogP contribution in [-0.2, 0) is 11.3 Å². The number of hydrazine groups is 1. The molecular weight excluding hydrogens is 246 g/mol. The van der Waals surface area contributed by atoms with Gasteiger partial charge in [0.25, 0.3) is 11.5 Å². The van der Waals surface area contributed by atoms with Crippen molar-refractivity contribution in [1.82, 2.24) is 15.2 Å². The zero-order chi connectivity index (χ0) is 13.8. The molecule has 0 aromatic carbocycles. The quantitative estimate of drug-likeness (QED) is 0.435. The molecule has 1 aliphatic rings. The van der Waals surface area contributed by atoms with Crippen molar-refractivity contribution < 1.29 is 4.79 Å².